The smallest absolute Gasteiger partial charge is 0.409 e. The summed E-state index contributed by atoms with van der Waals surface area (Å²) in [7, 11) is 0. The SMILES string of the molecule is CCOC(=O)N1CC2(CCC(N3CCN(c4ncccc4-c4cnccn4)C[C@@H]3C)C2)C1. The molecule has 170 valence electrons. The number of amides is 1. The highest BCUT2D eigenvalue weighted by Gasteiger charge is 2.51. The second kappa shape index (κ2) is 8.65. The first-order valence-electron chi connectivity index (χ1n) is 11.7. The van der Waals surface area contributed by atoms with Crippen LogP contribution in [0.4, 0.5) is 10.6 Å². The van der Waals surface area contributed by atoms with Crippen molar-refractivity contribution in [2.75, 3.05) is 44.2 Å². The first-order valence-corrected chi connectivity index (χ1v) is 11.7. The third kappa shape index (κ3) is 3.92. The number of nitrogens with zero attached hydrogens (tertiary/aromatic N) is 6. The number of hydrogen-bond donors (Lipinski definition) is 0. The molecule has 32 heavy (non-hydrogen) atoms. The molecule has 5 rings (SSSR count). The zero-order valence-electron chi connectivity index (χ0n) is 19.0. The van der Waals surface area contributed by atoms with Gasteiger partial charge in [-0.15, -0.1) is 0 Å². The van der Waals surface area contributed by atoms with Gasteiger partial charge in [0.05, 0.1) is 18.5 Å². The minimum absolute atomic E-state index is 0.155. The molecule has 1 spiro atoms. The normalized spacial score (nSPS) is 25.1. The minimum Gasteiger partial charge on any atom is -0.450 e. The number of anilines is 1. The first-order chi connectivity index (χ1) is 15.6. The van der Waals surface area contributed by atoms with E-state index in [4.69, 9.17) is 9.72 Å². The fourth-order valence-electron chi connectivity index (χ4n) is 5.85. The van der Waals surface area contributed by atoms with Gasteiger partial charge in [-0.25, -0.2) is 9.78 Å². The number of piperazine rings is 1. The van der Waals surface area contributed by atoms with E-state index in [1.165, 1.54) is 19.3 Å². The molecule has 1 aliphatic carbocycles. The molecule has 0 bridgehead atoms. The molecule has 3 aliphatic rings. The largest absolute Gasteiger partial charge is 0.450 e. The van der Waals surface area contributed by atoms with Gasteiger partial charge in [-0.2, -0.15) is 0 Å². The van der Waals surface area contributed by atoms with Gasteiger partial charge in [0, 0.05) is 74.4 Å². The van der Waals surface area contributed by atoms with Crippen LogP contribution in [0.15, 0.2) is 36.9 Å². The van der Waals surface area contributed by atoms with E-state index in [1.807, 2.05) is 24.1 Å². The lowest BCUT2D eigenvalue weighted by Crippen LogP contribution is -2.59. The summed E-state index contributed by atoms with van der Waals surface area (Å²) in [5, 5.41) is 0. The van der Waals surface area contributed by atoms with Crippen molar-refractivity contribution in [2.45, 2.75) is 45.2 Å². The molecule has 0 aromatic carbocycles. The van der Waals surface area contributed by atoms with Gasteiger partial charge < -0.3 is 14.5 Å². The van der Waals surface area contributed by atoms with Gasteiger partial charge in [-0.3, -0.25) is 14.9 Å². The summed E-state index contributed by atoms with van der Waals surface area (Å²) < 4.78 is 5.16. The van der Waals surface area contributed by atoms with Crippen molar-refractivity contribution in [1.29, 1.82) is 0 Å². The zero-order valence-corrected chi connectivity index (χ0v) is 19.0. The number of likely N-dealkylation sites (tertiary alicyclic amines) is 1. The van der Waals surface area contributed by atoms with Crippen LogP contribution in [-0.4, -0.2) is 82.3 Å². The predicted molar refractivity (Wildman–Crippen MR) is 122 cm³/mol. The highest BCUT2D eigenvalue weighted by molar-refractivity contribution is 5.72. The molecule has 2 atom stereocenters. The lowest BCUT2D eigenvalue weighted by molar-refractivity contribution is -0.00468. The van der Waals surface area contributed by atoms with Crippen molar-refractivity contribution in [3.8, 4) is 11.3 Å². The molecule has 3 fully saturated rings. The number of ether oxygens (including phenoxy) is 1. The Morgan fingerprint density at radius 2 is 2.09 bits per heavy atom. The molecule has 8 heteroatoms. The van der Waals surface area contributed by atoms with E-state index < -0.39 is 0 Å². The lowest BCUT2D eigenvalue weighted by atomic mass is 9.78. The number of carbonyl (C=O) groups is 1. The maximum absolute atomic E-state index is 12.0. The summed E-state index contributed by atoms with van der Waals surface area (Å²) in [5.74, 6) is 0.992. The van der Waals surface area contributed by atoms with Gasteiger partial charge in [-0.1, -0.05) is 0 Å². The first kappa shape index (κ1) is 21.1. The van der Waals surface area contributed by atoms with E-state index in [0.29, 0.717) is 24.1 Å². The summed E-state index contributed by atoms with van der Waals surface area (Å²) >= 11 is 0. The fraction of sp³-hybridized carbons (Fsp3) is 0.583. The number of hydrogen-bond acceptors (Lipinski definition) is 7. The maximum Gasteiger partial charge on any atom is 0.409 e. The Morgan fingerprint density at radius 1 is 1.22 bits per heavy atom. The number of carbonyl (C=O) groups excluding carboxylic acids is 1. The molecule has 1 saturated carbocycles. The van der Waals surface area contributed by atoms with E-state index in [-0.39, 0.29) is 6.09 Å². The Bertz CT molecular complexity index is 949. The minimum atomic E-state index is -0.155. The molecule has 0 N–H and O–H groups in total. The second-order valence-electron chi connectivity index (χ2n) is 9.45. The monoisotopic (exact) mass is 436 g/mol. The molecular weight excluding hydrogens is 404 g/mol. The highest BCUT2D eigenvalue weighted by atomic mass is 16.6. The van der Waals surface area contributed by atoms with Crippen LogP contribution in [0.2, 0.25) is 0 Å². The van der Waals surface area contributed by atoms with E-state index in [9.17, 15) is 4.79 Å². The van der Waals surface area contributed by atoms with E-state index in [0.717, 1.165) is 49.8 Å². The zero-order chi connectivity index (χ0) is 22.1. The van der Waals surface area contributed by atoms with Crippen LogP contribution < -0.4 is 4.90 Å². The molecule has 1 unspecified atom stereocenters. The molecule has 8 nitrogen and oxygen atoms in total. The topological polar surface area (TPSA) is 74.7 Å². The van der Waals surface area contributed by atoms with Crippen molar-refractivity contribution in [3.05, 3.63) is 36.9 Å². The molecule has 2 aliphatic heterocycles. The summed E-state index contributed by atoms with van der Waals surface area (Å²) in [6.07, 6.45) is 10.5. The Morgan fingerprint density at radius 3 is 2.84 bits per heavy atom. The van der Waals surface area contributed by atoms with E-state index in [1.54, 1.807) is 18.6 Å². The van der Waals surface area contributed by atoms with Crippen molar-refractivity contribution in [2.24, 2.45) is 5.41 Å². The fourth-order valence-corrected chi connectivity index (χ4v) is 5.85. The summed E-state index contributed by atoms with van der Waals surface area (Å²) in [5.41, 5.74) is 2.20. The lowest BCUT2D eigenvalue weighted by Gasteiger charge is -2.49. The Hall–Kier alpha value is -2.74. The van der Waals surface area contributed by atoms with Crippen LogP contribution >= 0.6 is 0 Å². The molecule has 0 radical (unpaired) electrons. The van der Waals surface area contributed by atoms with Gasteiger partial charge in [0.15, 0.2) is 0 Å². The Balaban J connectivity index is 1.22. The standard InChI is InChI=1S/C24H32N6O2/c1-3-32-23(31)29-16-24(17-29)7-6-19(13-24)30-12-11-28(15-18(30)2)22-20(5-4-8-27-22)21-14-25-9-10-26-21/h4-5,8-10,14,18-19H,3,6-7,11-13,15-17H2,1-2H3/t18-,19?/m0/s1. The summed E-state index contributed by atoms with van der Waals surface area (Å²) in [4.78, 5) is 32.3. The average Bonchev–Trinajstić information content (AvgIpc) is 3.24. The van der Waals surface area contributed by atoms with Gasteiger partial charge in [0.1, 0.15) is 5.82 Å². The van der Waals surface area contributed by atoms with Crippen LogP contribution in [0, 0.1) is 5.41 Å². The average molecular weight is 437 g/mol. The van der Waals surface area contributed by atoms with Crippen LogP contribution in [0.3, 0.4) is 0 Å². The van der Waals surface area contributed by atoms with E-state index >= 15 is 0 Å². The van der Waals surface area contributed by atoms with Crippen molar-refractivity contribution in [3.63, 3.8) is 0 Å². The Kier molecular flexibility index (Phi) is 5.71. The van der Waals surface area contributed by atoms with Crippen LogP contribution in [0.25, 0.3) is 11.3 Å². The van der Waals surface area contributed by atoms with Crippen LogP contribution in [0.5, 0.6) is 0 Å². The predicted octanol–water partition coefficient (Wildman–Crippen LogP) is 3.06. The highest BCUT2D eigenvalue weighted by Crippen LogP contribution is 2.47. The van der Waals surface area contributed by atoms with Gasteiger partial charge in [-0.05, 0) is 45.2 Å². The number of pyridine rings is 1. The van der Waals surface area contributed by atoms with Gasteiger partial charge in [0.2, 0.25) is 0 Å². The third-order valence-electron chi connectivity index (χ3n) is 7.33. The summed E-state index contributed by atoms with van der Waals surface area (Å²) in [6.45, 7) is 9.27. The molecule has 2 aromatic rings. The van der Waals surface area contributed by atoms with Gasteiger partial charge in [0.25, 0.3) is 0 Å². The van der Waals surface area contributed by atoms with Crippen LogP contribution in [-0.2, 0) is 4.74 Å². The Labute approximate surface area is 189 Å². The van der Waals surface area contributed by atoms with Gasteiger partial charge >= 0.3 is 6.09 Å². The van der Waals surface area contributed by atoms with Crippen molar-refractivity contribution in [1.82, 2.24) is 24.8 Å². The number of rotatable bonds is 4. The molecule has 1 amide bonds. The van der Waals surface area contributed by atoms with Crippen molar-refractivity contribution >= 4 is 11.9 Å². The molecular formula is C24H32N6O2. The quantitative estimate of drug-likeness (QED) is 0.729. The maximum atomic E-state index is 12.0. The van der Waals surface area contributed by atoms with E-state index in [2.05, 4.69) is 32.8 Å². The van der Waals surface area contributed by atoms with Crippen molar-refractivity contribution < 1.29 is 9.53 Å². The van der Waals surface area contributed by atoms with Crippen LogP contribution in [0.1, 0.15) is 33.1 Å². The third-order valence-corrected chi connectivity index (χ3v) is 7.33. The summed E-state index contributed by atoms with van der Waals surface area (Å²) in [6, 6.07) is 5.08. The second-order valence-corrected chi connectivity index (χ2v) is 9.45. The number of aromatic nitrogens is 3. The molecule has 2 saturated heterocycles. The molecule has 2 aromatic heterocycles. The molecule has 4 heterocycles.